The Morgan fingerprint density at radius 2 is 1.65 bits per heavy atom. The van der Waals surface area contributed by atoms with Gasteiger partial charge in [0.2, 0.25) is 0 Å². The Hall–Kier alpha value is -0.190. The standard InChI is InChI=1S/C16H14Br3F/c17-10-16(11-18,14-6-1-2-7-15(14)19)9-12-4-3-5-13(20)8-12/h1-8H,9-11H2. The van der Waals surface area contributed by atoms with Crippen LogP contribution in [0.2, 0.25) is 0 Å². The molecule has 0 heterocycles. The van der Waals surface area contributed by atoms with Gasteiger partial charge < -0.3 is 0 Å². The summed E-state index contributed by atoms with van der Waals surface area (Å²) in [6.45, 7) is 0. The Morgan fingerprint density at radius 1 is 0.950 bits per heavy atom. The molecule has 4 heteroatoms. The Balaban J connectivity index is 2.42. The monoisotopic (exact) mass is 462 g/mol. The molecule has 2 aromatic rings. The van der Waals surface area contributed by atoms with Gasteiger partial charge in [0.15, 0.2) is 0 Å². The van der Waals surface area contributed by atoms with E-state index in [4.69, 9.17) is 0 Å². The van der Waals surface area contributed by atoms with Crippen molar-refractivity contribution in [3.05, 3.63) is 69.9 Å². The number of rotatable bonds is 5. The van der Waals surface area contributed by atoms with E-state index in [0.29, 0.717) is 0 Å². The highest BCUT2D eigenvalue weighted by Crippen LogP contribution is 2.37. The zero-order chi connectivity index (χ0) is 14.6. The lowest BCUT2D eigenvalue weighted by atomic mass is 9.79. The second kappa shape index (κ2) is 7.19. The minimum absolute atomic E-state index is 0.117. The van der Waals surface area contributed by atoms with E-state index < -0.39 is 0 Å². The van der Waals surface area contributed by atoms with Crippen LogP contribution in [-0.2, 0) is 11.8 Å². The van der Waals surface area contributed by atoms with Gasteiger partial charge in [0.25, 0.3) is 0 Å². The van der Waals surface area contributed by atoms with E-state index in [1.165, 1.54) is 11.6 Å². The molecule has 0 fully saturated rings. The minimum atomic E-state index is -0.187. The van der Waals surface area contributed by atoms with Gasteiger partial charge in [0, 0.05) is 20.5 Å². The normalized spacial score (nSPS) is 11.6. The maximum absolute atomic E-state index is 13.4. The van der Waals surface area contributed by atoms with Gasteiger partial charge in [-0.1, -0.05) is 78.1 Å². The highest BCUT2D eigenvalue weighted by Gasteiger charge is 2.32. The highest BCUT2D eigenvalue weighted by molar-refractivity contribution is 9.10. The Kier molecular flexibility index (Phi) is 5.82. The van der Waals surface area contributed by atoms with Gasteiger partial charge in [0.1, 0.15) is 5.82 Å². The van der Waals surface area contributed by atoms with Gasteiger partial charge in [-0.25, -0.2) is 4.39 Å². The van der Waals surface area contributed by atoms with Crippen LogP contribution in [0.3, 0.4) is 0 Å². The third kappa shape index (κ3) is 3.52. The van der Waals surface area contributed by atoms with Crippen molar-refractivity contribution in [3.63, 3.8) is 0 Å². The minimum Gasteiger partial charge on any atom is -0.207 e. The first-order valence-corrected chi connectivity index (χ1v) is 9.26. The lowest BCUT2D eigenvalue weighted by Gasteiger charge is -2.32. The SMILES string of the molecule is Fc1cccc(CC(CBr)(CBr)c2ccccc2Br)c1. The Bertz CT molecular complexity index is 579. The van der Waals surface area contributed by atoms with Crippen LogP contribution in [0, 0.1) is 5.82 Å². The zero-order valence-corrected chi connectivity index (χ0v) is 15.5. The molecule has 106 valence electrons. The molecule has 0 aromatic heterocycles. The summed E-state index contributed by atoms with van der Waals surface area (Å²) in [5.74, 6) is -0.187. The van der Waals surface area contributed by atoms with Crippen LogP contribution in [0.25, 0.3) is 0 Å². The van der Waals surface area contributed by atoms with Crippen molar-refractivity contribution in [1.82, 2.24) is 0 Å². The molecule has 0 unspecified atom stereocenters. The number of hydrogen-bond donors (Lipinski definition) is 0. The summed E-state index contributed by atoms with van der Waals surface area (Å²) < 4.78 is 14.5. The Labute approximate surface area is 144 Å². The zero-order valence-electron chi connectivity index (χ0n) is 10.8. The van der Waals surface area contributed by atoms with Crippen LogP contribution in [0.1, 0.15) is 11.1 Å². The summed E-state index contributed by atoms with van der Waals surface area (Å²) in [6.07, 6.45) is 0.768. The molecule has 0 nitrogen and oxygen atoms in total. The van der Waals surface area contributed by atoms with E-state index in [1.807, 2.05) is 24.3 Å². The summed E-state index contributed by atoms with van der Waals surface area (Å²) in [6, 6.07) is 15.0. The first-order chi connectivity index (χ1) is 9.61. The second-order valence-electron chi connectivity index (χ2n) is 4.83. The van der Waals surface area contributed by atoms with Crippen LogP contribution in [0.4, 0.5) is 4.39 Å². The molecule has 2 aromatic carbocycles. The van der Waals surface area contributed by atoms with Gasteiger partial charge in [-0.3, -0.25) is 0 Å². The maximum atomic E-state index is 13.4. The average Bonchev–Trinajstić information content (AvgIpc) is 2.46. The summed E-state index contributed by atoms with van der Waals surface area (Å²) in [7, 11) is 0. The molecule has 0 aliphatic heterocycles. The van der Waals surface area contributed by atoms with Crippen molar-refractivity contribution in [2.75, 3.05) is 10.7 Å². The maximum Gasteiger partial charge on any atom is 0.123 e. The quantitative estimate of drug-likeness (QED) is 0.486. The van der Waals surface area contributed by atoms with Crippen molar-refractivity contribution >= 4 is 47.8 Å². The molecule has 2 rings (SSSR count). The first kappa shape index (κ1) is 16.2. The number of hydrogen-bond acceptors (Lipinski definition) is 0. The van der Waals surface area contributed by atoms with Crippen LogP contribution in [0.5, 0.6) is 0 Å². The lowest BCUT2D eigenvalue weighted by molar-refractivity contribution is 0.544. The van der Waals surface area contributed by atoms with Gasteiger partial charge in [-0.05, 0) is 35.7 Å². The summed E-state index contributed by atoms with van der Waals surface area (Å²) in [5, 5.41) is 1.59. The molecule has 0 saturated heterocycles. The molecule has 0 atom stereocenters. The predicted molar refractivity (Wildman–Crippen MR) is 93.5 cm³/mol. The van der Waals surface area contributed by atoms with Crippen molar-refractivity contribution in [2.45, 2.75) is 11.8 Å². The fourth-order valence-corrected chi connectivity index (χ4v) is 4.93. The van der Waals surface area contributed by atoms with Gasteiger partial charge in [-0.15, -0.1) is 0 Å². The molecule has 0 spiro atoms. The molecule has 0 radical (unpaired) electrons. The summed E-state index contributed by atoms with van der Waals surface area (Å²) >= 11 is 10.9. The van der Waals surface area contributed by atoms with E-state index in [-0.39, 0.29) is 11.2 Å². The van der Waals surface area contributed by atoms with E-state index in [0.717, 1.165) is 27.1 Å². The molecule has 0 N–H and O–H groups in total. The summed E-state index contributed by atoms with van der Waals surface area (Å²) in [5.41, 5.74) is 2.10. The van der Waals surface area contributed by atoms with Crippen molar-refractivity contribution in [1.29, 1.82) is 0 Å². The smallest absolute Gasteiger partial charge is 0.123 e. The van der Waals surface area contributed by atoms with Crippen LogP contribution >= 0.6 is 47.8 Å². The molecule has 0 saturated carbocycles. The lowest BCUT2D eigenvalue weighted by Crippen LogP contribution is -2.33. The van der Waals surface area contributed by atoms with Gasteiger partial charge in [0.05, 0.1) is 0 Å². The van der Waals surface area contributed by atoms with E-state index in [9.17, 15) is 4.39 Å². The number of benzene rings is 2. The predicted octanol–water partition coefficient (Wildman–Crippen LogP) is 5.86. The van der Waals surface area contributed by atoms with Crippen LogP contribution in [-0.4, -0.2) is 10.7 Å². The topological polar surface area (TPSA) is 0 Å². The van der Waals surface area contributed by atoms with Crippen LogP contribution < -0.4 is 0 Å². The molecular weight excluding hydrogens is 451 g/mol. The largest absolute Gasteiger partial charge is 0.207 e. The third-order valence-corrected chi connectivity index (χ3v) is 6.23. The first-order valence-electron chi connectivity index (χ1n) is 6.23. The summed E-state index contributed by atoms with van der Waals surface area (Å²) in [4.78, 5) is 0. The van der Waals surface area contributed by atoms with E-state index >= 15 is 0 Å². The second-order valence-corrected chi connectivity index (χ2v) is 6.81. The molecule has 0 amide bonds. The molecule has 20 heavy (non-hydrogen) atoms. The van der Waals surface area contributed by atoms with Gasteiger partial charge >= 0.3 is 0 Å². The average molecular weight is 465 g/mol. The van der Waals surface area contributed by atoms with Crippen LogP contribution in [0.15, 0.2) is 53.0 Å². The Morgan fingerprint density at radius 3 is 2.25 bits per heavy atom. The number of halogens is 4. The molecular formula is C16H14Br3F. The van der Waals surface area contributed by atoms with E-state index in [1.54, 1.807) is 12.1 Å². The van der Waals surface area contributed by atoms with Crippen molar-refractivity contribution in [2.24, 2.45) is 0 Å². The molecule has 0 aliphatic rings. The van der Waals surface area contributed by atoms with E-state index in [2.05, 4.69) is 53.9 Å². The fourth-order valence-electron chi connectivity index (χ4n) is 2.30. The fraction of sp³-hybridized carbons (Fsp3) is 0.250. The molecule has 0 aliphatic carbocycles. The highest BCUT2D eigenvalue weighted by atomic mass is 79.9. The third-order valence-electron chi connectivity index (χ3n) is 3.39. The molecule has 0 bridgehead atoms. The van der Waals surface area contributed by atoms with Crippen molar-refractivity contribution < 1.29 is 4.39 Å². The number of alkyl halides is 2. The van der Waals surface area contributed by atoms with Crippen molar-refractivity contribution in [3.8, 4) is 0 Å². The van der Waals surface area contributed by atoms with Gasteiger partial charge in [-0.2, -0.15) is 0 Å².